The first-order valence-electron chi connectivity index (χ1n) is 13.3. The van der Waals surface area contributed by atoms with Gasteiger partial charge in [-0.3, -0.25) is 18.6 Å². The number of quaternary nitrogens is 2. The van der Waals surface area contributed by atoms with Gasteiger partial charge in [0.1, 0.15) is 6.54 Å². The summed E-state index contributed by atoms with van der Waals surface area (Å²) in [4.78, 5) is 25.5. The highest BCUT2D eigenvalue weighted by molar-refractivity contribution is 6.05. The van der Waals surface area contributed by atoms with E-state index in [1.807, 2.05) is 35.2 Å². The Bertz CT molecular complexity index is 1670. The highest BCUT2D eigenvalue weighted by atomic mass is 19.1. The van der Waals surface area contributed by atoms with E-state index in [1.165, 1.54) is 12.1 Å². The Morgan fingerprint density at radius 1 is 0.667 bits per heavy atom. The van der Waals surface area contributed by atoms with Gasteiger partial charge in [-0.1, -0.05) is 24.3 Å². The fraction of sp³-hybridized carbons (Fsp3) is 0.176. The Labute approximate surface area is 245 Å². The molecule has 42 heavy (non-hydrogen) atoms. The molecule has 0 fully saturated rings. The SMILES string of the molecule is C#CC[N+](C)(C)c1ccc(NC(=O)c2ccc(-c3ccc(C(=O)Nc4ccc([N+](C)(C)C)c(F)c4)cc3)cc2)cc1F. The van der Waals surface area contributed by atoms with Crippen LogP contribution in [0.1, 0.15) is 20.7 Å². The van der Waals surface area contributed by atoms with E-state index in [0.717, 1.165) is 11.1 Å². The number of rotatable bonds is 8. The van der Waals surface area contributed by atoms with Crippen molar-refractivity contribution in [2.45, 2.75) is 0 Å². The molecular formula is C34H34F2N4O2+2. The van der Waals surface area contributed by atoms with E-state index >= 15 is 0 Å². The maximum atomic E-state index is 14.7. The van der Waals surface area contributed by atoms with Crippen LogP contribution in [0.25, 0.3) is 11.1 Å². The number of benzene rings is 4. The lowest BCUT2D eigenvalue weighted by molar-refractivity contribution is 0.101. The third-order valence-electron chi connectivity index (χ3n) is 6.90. The third-order valence-corrected chi connectivity index (χ3v) is 6.90. The van der Waals surface area contributed by atoms with Crippen LogP contribution < -0.4 is 19.6 Å². The summed E-state index contributed by atoms with van der Waals surface area (Å²) in [5, 5.41) is 5.46. The van der Waals surface area contributed by atoms with Crippen molar-refractivity contribution in [2.75, 3.05) is 52.4 Å². The molecule has 8 heteroatoms. The molecule has 4 aromatic carbocycles. The Morgan fingerprint density at radius 3 is 1.43 bits per heavy atom. The lowest BCUT2D eigenvalue weighted by atomic mass is 10.0. The largest absolute Gasteiger partial charge is 0.322 e. The summed E-state index contributed by atoms with van der Waals surface area (Å²) in [6.07, 6.45) is 5.40. The van der Waals surface area contributed by atoms with Gasteiger partial charge in [-0.15, -0.1) is 6.42 Å². The number of nitrogens with one attached hydrogen (secondary N) is 2. The maximum absolute atomic E-state index is 14.7. The second-order valence-corrected chi connectivity index (χ2v) is 11.5. The molecule has 2 amide bonds. The van der Waals surface area contributed by atoms with Crippen LogP contribution in [0.5, 0.6) is 0 Å². The molecule has 0 atom stereocenters. The molecule has 0 saturated heterocycles. The van der Waals surface area contributed by atoms with Gasteiger partial charge in [0.2, 0.25) is 0 Å². The second-order valence-electron chi connectivity index (χ2n) is 11.5. The minimum absolute atomic E-state index is 0.189. The van der Waals surface area contributed by atoms with E-state index in [0.29, 0.717) is 44.9 Å². The Balaban J connectivity index is 1.40. The zero-order valence-electron chi connectivity index (χ0n) is 24.3. The minimum atomic E-state index is -0.453. The Morgan fingerprint density at radius 2 is 1.07 bits per heavy atom. The van der Waals surface area contributed by atoms with Crippen molar-refractivity contribution in [2.24, 2.45) is 0 Å². The van der Waals surface area contributed by atoms with Gasteiger partial charge >= 0.3 is 0 Å². The van der Waals surface area contributed by atoms with Crippen LogP contribution in [0.15, 0.2) is 84.9 Å². The minimum Gasteiger partial charge on any atom is -0.322 e. The van der Waals surface area contributed by atoms with Gasteiger partial charge in [-0.05, 0) is 53.4 Å². The number of amides is 2. The van der Waals surface area contributed by atoms with Gasteiger partial charge in [-0.25, -0.2) is 8.78 Å². The molecular weight excluding hydrogens is 534 g/mol. The van der Waals surface area contributed by atoms with Crippen molar-refractivity contribution in [3.8, 4) is 23.5 Å². The van der Waals surface area contributed by atoms with Crippen LogP contribution >= 0.6 is 0 Å². The van der Waals surface area contributed by atoms with E-state index < -0.39 is 11.6 Å². The smallest absolute Gasteiger partial charge is 0.255 e. The van der Waals surface area contributed by atoms with Crippen LogP contribution in [0.3, 0.4) is 0 Å². The van der Waals surface area contributed by atoms with Crippen molar-refractivity contribution in [1.82, 2.24) is 8.97 Å². The predicted octanol–water partition coefficient (Wildman–Crippen LogP) is 6.53. The summed E-state index contributed by atoms with van der Waals surface area (Å²) in [6, 6.07) is 23.1. The number of carbonyl (C=O) groups is 2. The molecule has 0 aliphatic heterocycles. The third kappa shape index (κ3) is 6.89. The molecule has 4 aromatic rings. The fourth-order valence-corrected chi connectivity index (χ4v) is 4.55. The van der Waals surface area contributed by atoms with Gasteiger partial charge in [0, 0.05) is 46.8 Å². The van der Waals surface area contributed by atoms with E-state index in [1.54, 1.807) is 72.8 Å². The molecule has 0 saturated carbocycles. The van der Waals surface area contributed by atoms with Gasteiger partial charge < -0.3 is 10.6 Å². The van der Waals surface area contributed by atoms with E-state index in [9.17, 15) is 18.4 Å². The van der Waals surface area contributed by atoms with Crippen LogP contribution in [0.2, 0.25) is 0 Å². The first kappa shape index (κ1) is 30.1. The maximum Gasteiger partial charge on any atom is 0.255 e. The van der Waals surface area contributed by atoms with Gasteiger partial charge in [0.15, 0.2) is 23.0 Å². The molecule has 0 aliphatic rings. The normalized spacial score (nSPS) is 11.5. The van der Waals surface area contributed by atoms with Crippen molar-refractivity contribution < 1.29 is 18.4 Å². The summed E-state index contributed by atoms with van der Waals surface area (Å²) in [5.74, 6) is 0.979. The summed E-state index contributed by atoms with van der Waals surface area (Å²) < 4.78 is 29.8. The topological polar surface area (TPSA) is 58.2 Å². The zero-order chi connectivity index (χ0) is 30.7. The molecule has 0 unspecified atom stereocenters. The first-order valence-corrected chi connectivity index (χ1v) is 13.3. The van der Waals surface area contributed by atoms with Crippen molar-refractivity contribution in [1.29, 1.82) is 0 Å². The fourth-order valence-electron chi connectivity index (χ4n) is 4.55. The lowest BCUT2D eigenvalue weighted by Gasteiger charge is -2.27. The summed E-state index contributed by atoms with van der Waals surface area (Å²) in [7, 11) is 9.23. The number of hydrogen-bond donors (Lipinski definition) is 2. The highest BCUT2D eigenvalue weighted by Crippen LogP contribution is 2.27. The molecule has 0 spiro atoms. The van der Waals surface area contributed by atoms with Crippen molar-refractivity contribution in [3.05, 3.63) is 108 Å². The quantitative estimate of drug-likeness (QED) is 0.188. The monoisotopic (exact) mass is 568 g/mol. The summed E-state index contributed by atoms with van der Waals surface area (Å²) in [6.45, 7) is 0.331. The molecule has 6 nitrogen and oxygen atoms in total. The van der Waals surface area contributed by atoms with Crippen molar-refractivity contribution >= 4 is 34.6 Å². The second kappa shape index (κ2) is 12.0. The van der Waals surface area contributed by atoms with Crippen LogP contribution in [-0.2, 0) is 0 Å². The lowest BCUT2D eigenvalue weighted by Crippen LogP contribution is -2.41. The van der Waals surface area contributed by atoms with Gasteiger partial charge in [-0.2, -0.15) is 0 Å². The molecule has 0 heterocycles. The number of anilines is 2. The van der Waals surface area contributed by atoms with Crippen molar-refractivity contribution in [3.63, 3.8) is 0 Å². The number of carbonyl (C=O) groups excluding carboxylic acids is 2. The van der Waals surface area contributed by atoms with E-state index in [-0.39, 0.29) is 16.3 Å². The Hall–Kier alpha value is -4.84. The first-order chi connectivity index (χ1) is 19.8. The standard InChI is InChI=1S/C34H32F2N4O2/c1-7-20-40(5,6)32-19-17-28(22-30(32)36)38-34(42)26-14-10-24(11-15-26)23-8-12-25(13-9-23)33(41)37-27-16-18-31(29(35)21-27)39(2,3)4/h1,8-19,21-22H,20H2,2-6H3/p+2. The molecule has 4 rings (SSSR count). The number of hydrogen-bond acceptors (Lipinski definition) is 2. The molecule has 0 aromatic heterocycles. The van der Waals surface area contributed by atoms with Crippen LogP contribution in [0.4, 0.5) is 31.5 Å². The molecule has 214 valence electrons. The average Bonchev–Trinajstić information content (AvgIpc) is 2.92. The van der Waals surface area contributed by atoms with Gasteiger partial charge in [0.05, 0.1) is 35.2 Å². The van der Waals surface area contributed by atoms with E-state index in [2.05, 4.69) is 16.6 Å². The molecule has 0 radical (unpaired) electrons. The summed E-state index contributed by atoms with van der Waals surface area (Å²) >= 11 is 0. The molecule has 0 bridgehead atoms. The summed E-state index contributed by atoms with van der Waals surface area (Å²) in [5.41, 5.74) is 4.19. The zero-order valence-corrected chi connectivity index (χ0v) is 24.3. The number of nitrogens with zero attached hydrogens (tertiary/aromatic N) is 2. The average molecular weight is 569 g/mol. The molecule has 0 aliphatic carbocycles. The van der Waals surface area contributed by atoms with E-state index in [4.69, 9.17) is 6.42 Å². The van der Waals surface area contributed by atoms with Crippen LogP contribution in [-0.4, -0.2) is 53.6 Å². The number of terminal acetylenes is 1. The molecule has 2 N–H and O–H groups in total. The van der Waals surface area contributed by atoms with Crippen LogP contribution in [0, 0.1) is 24.0 Å². The predicted molar refractivity (Wildman–Crippen MR) is 167 cm³/mol. The van der Waals surface area contributed by atoms with Gasteiger partial charge in [0.25, 0.3) is 11.8 Å². The Kier molecular flexibility index (Phi) is 8.57. The highest BCUT2D eigenvalue weighted by Gasteiger charge is 2.23. The number of halogens is 2.